The summed E-state index contributed by atoms with van der Waals surface area (Å²) >= 11 is 0. The predicted octanol–water partition coefficient (Wildman–Crippen LogP) is 6.28. The Bertz CT molecular complexity index is 1470. The highest BCUT2D eigenvalue weighted by Gasteiger charge is 2.34. The molecule has 2 N–H and O–H groups in total. The molecule has 39 heavy (non-hydrogen) atoms. The van der Waals surface area contributed by atoms with Crippen LogP contribution in [0.15, 0.2) is 79.0 Å². The molecule has 0 bridgehead atoms. The van der Waals surface area contributed by atoms with Gasteiger partial charge in [0.25, 0.3) is 0 Å². The van der Waals surface area contributed by atoms with Crippen molar-refractivity contribution >= 4 is 34.2 Å². The Morgan fingerprint density at radius 3 is 2.33 bits per heavy atom. The Morgan fingerprint density at radius 2 is 1.64 bits per heavy atom. The minimum absolute atomic E-state index is 0.0276. The van der Waals surface area contributed by atoms with Crippen LogP contribution in [0.3, 0.4) is 0 Å². The van der Waals surface area contributed by atoms with Crippen LogP contribution in [-0.2, 0) is 16.0 Å². The third kappa shape index (κ3) is 5.93. The number of hydrogen-bond acceptors (Lipinski definition) is 3. The van der Waals surface area contributed by atoms with Crippen LogP contribution in [-0.4, -0.2) is 28.6 Å². The van der Waals surface area contributed by atoms with E-state index in [1.807, 2.05) is 30.5 Å². The molecular weight excluding hydrogens is 493 g/mol. The standard InChI is InChI=1S/C32H32FN3O3/c1-21(37)22-13-17-27(18-14-22)36(30(38)19-24-20-34-29-10-6-5-9-28(24)29)31(23-11-15-25(33)16-12-23)32(39)35-26-7-3-2-4-8-26/h5-6,9-18,20,26,31,34H,2-4,7-8,19H2,1H3,(H,35,39)/t31-/m0/s1. The van der Waals surface area contributed by atoms with Gasteiger partial charge in [-0.15, -0.1) is 0 Å². The number of para-hydroxylation sites is 1. The minimum atomic E-state index is -1.02. The second-order valence-electron chi connectivity index (χ2n) is 10.2. The molecule has 0 spiro atoms. The number of halogens is 1. The first kappa shape index (κ1) is 26.4. The number of H-pyrrole nitrogens is 1. The molecule has 200 valence electrons. The van der Waals surface area contributed by atoms with Crippen LogP contribution in [0.4, 0.5) is 10.1 Å². The van der Waals surface area contributed by atoms with E-state index in [1.54, 1.807) is 36.4 Å². The zero-order valence-electron chi connectivity index (χ0n) is 22.0. The summed E-state index contributed by atoms with van der Waals surface area (Å²) in [6, 6.07) is 19.1. The molecule has 0 unspecified atom stereocenters. The maximum absolute atomic E-state index is 14.1. The molecule has 1 saturated carbocycles. The molecule has 3 aromatic carbocycles. The van der Waals surface area contributed by atoms with Crippen molar-refractivity contribution in [3.63, 3.8) is 0 Å². The zero-order chi connectivity index (χ0) is 27.4. The number of anilines is 1. The van der Waals surface area contributed by atoms with Crippen molar-refractivity contribution in [1.29, 1.82) is 0 Å². The van der Waals surface area contributed by atoms with Gasteiger partial charge in [0.1, 0.15) is 11.9 Å². The van der Waals surface area contributed by atoms with E-state index >= 15 is 0 Å². The van der Waals surface area contributed by atoms with Gasteiger partial charge in [-0.2, -0.15) is 0 Å². The number of benzene rings is 3. The first-order valence-electron chi connectivity index (χ1n) is 13.4. The van der Waals surface area contributed by atoms with Gasteiger partial charge in [0.15, 0.2) is 5.78 Å². The molecule has 2 amide bonds. The molecule has 1 aliphatic rings. The van der Waals surface area contributed by atoms with Gasteiger partial charge in [0.05, 0.1) is 6.42 Å². The predicted molar refractivity (Wildman–Crippen MR) is 150 cm³/mol. The quantitative estimate of drug-likeness (QED) is 0.266. The maximum Gasteiger partial charge on any atom is 0.248 e. The fourth-order valence-corrected chi connectivity index (χ4v) is 5.41. The third-order valence-electron chi connectivity index (χ3n) is 7.48. The summed E-state index contributed by atoms with van der Waals surface area (Å²) in [5, 5.41) is 4.10. The smallest absolute Gasteiger partial charge is 0.248 e. The summed E-state index contributed by atoms with van der Waals surface area (Å²) < 4.78 is 13.9. The summed E-state index contributed by atoms with van der Waals surface area (Å²) in [5.74, 6) is -1.11. The molecular formula is C32H32FN3O3. The van der Waals surface area contributed by atoms with Gasteiger partial charge in [-0.25, -0.2) is 4.39 Å². The molecule has 1 aromatic heterocycles. The fourth-order valence-electron chi connectivity index (χ4n) is 5.41. The summed E-state index contributed by atoms with van der Waals surface area (Å²) in [4.78, 5) is 44.7. The van der Waals surface area contributed by atoms with Gasteiger partial charge in [0, 0.05) is 34.4 Å². The monoisotopic (exact) mass is 525 g/mol. The lowest BCUT2D eigenvalue weighted by atomic mass is 9.94. The van der Waals surface area contributed by atoms with Crippen molar-refractivity contribution in [3.05, 3.63) is 102 Å². The Balaban J connectivity index is 1.57. The lowest BCUT2D eigenvalue weighted by Crippen LogP contribution is -2.47. The third-order valence-corrected chi connectivity index (χ3v) is 7.48. The number of fused-ring (bicyclic) bond motifs is 1. The second kappa shape index (κ2) is 11.6. The van der Waals surface area contributed by atoms with Crippen LogP contribution >= 0.6 is 0 Å². The van der Waals surface area contributed by atoms with Crippen molar-refractivity contribution in [3.8, 4) is 0 Å². The average molecular weight is 526 g/mol. The van der Waals surface area contributed by atoms with Gasteiger partial charge in [-0.05, 0) is 73.4 Å². The number of Topliss-reactive ketones (excluding diaryl/α,β-unsaturated/α-hetero) is 1. The molecule has 0 radical (unpaired) electrons. The number of amides is 2. The summed E-state index contributed by atoms with van der Waals surface area (Å²) in [6.07, 6.45) is 6.87. The van der Waals surface area contributed by atoms with E-state index in [0.717, 1.165) is 48.6 Å². The maximum atomic E-state index is 14.1. The normalized spacial score (nSPS) is 14.6. The highest BCUT2D eigenvalue weighted by atomic mass is 19.1. The molecule has 1 fully saturated rings. The molecule has 0 aliphatic heterocycles. The number of hydrogen-bond donors (Lipinski definition) is 2. The molecule has 1 aliphatic carbocycles. The topological polar surface area (TPSA) is 82.3 Å². The molecule has 1 atom stereocenters. The van der Waals surface area contributed by atoms with Gasteiger partial charge < -0.3 is 10.3 Å². The average Bonchev–Trinajstić information content (AvgIpc) is 3.35. The second-order valence-corrected chi connectivity index (χ2v) is 10.2. The van der Waals surface area contributed by atoms with E-state index in [2.05, 4.69) is 10.3 Å². The Labute approximate surface area is 227 Å². The molecule has 4 aromatic rings. The van der Waals surface area contributed by atoms with Crippen molar-refractivity contribution in [2.45, 2.75) is 57.5 Å². The van der Waals surface area contributed by atoms with Crippen LogP contribution in [0, 0.1) is 5.82 Å². The van der Waals surface area contributed by atoms with Gasteiger partial charge in [0.2, 0.25) is 11.8 Å². The number of ketones is 1. The zero-order valence-corrected chi connectivity index (χ0v) is 22.0. The molecule has 1 heterocycles. The Hall–Kier alpha value is -4.26. The number of carbonyl (C=O) groups excluding carboxylic acids is 3. The SMILES string of the molecule is CC(=O)c1ccc(N(C(=O)Cc2c[nH]c3ccccc23)[C@H](C(=O)NC2CCCCC2)c2ccc(F)cc2)cc1. The van der Waals surface area contributed by atoms with E-state index in [9.17, 15) is 18.8 Å². The number of nitrogens with one attached hydrogen (secondary N) is 2. The van der Waals surface area contributed by atoms with E-state index < -0.39 is 11.9 Å². The van der Waals surface area contributed by atoms with Crippen molar-refractivity contribution in [2.24, 2.45) is 0 Å². The van der Waals surface area contributed by atoms with Crippen LogP contribution in [0.25, 0.3) is 10.9 Å². The van der Waals surface area contributed by atoms with Gasteiger partial charge in [-0.3, -0.25) is 19.3 Å². The van der Waals surface area contributed by atoms with Gasteiger partial charge >= 0.3 is 0 Å². The number of rotatable bonds is 8. The number of carbonyl (C=O) groups is 3. The lowest BCUT2D eigenvalue weighted by Gasteiger charge is -2.33. The van der Waals surface area contributed by atoms with Crippen LogP contribution in [0.1, 0.15) is 66.6 Å². The first-order valence-corrected chi connectivity index (χ1v) is 13.4. The lowest BCUT2D eigenvalue weighted by molar-refractivity contribution is -0.127. The Morgan fingerprint density at radius 1 is 0.949 bits per heavy atom. The van der Waals surface area contributed by atoms with Crippen molar-refractivity contribution in [1.82, 2.24) is 10.3 Å². The van der Waals surface area contributed by atoms with Crippen molar-refractivity contribution in [2.75, 3.05) is 4.90 Å². The number of aromatic amines is 1. The van der Waals surface area contributed by atoms with E-state index in [0.29, 0.717) is 16.8 Å². The first-order chi connectivity index (χ1) is 18.9. The fraction of sp³-hybridized carbons (Fsp3) is 0.281. The summed E-state index contributed by atoms with van der Waals surface area (Å²) in [6.45, 7) is 1.48. The minimum Gasteiger partial charge on any atom is -0.361 e. The van der Waals surface area contributed by atoms with Gasteiger partial charge in [-0.1, -0.05) is 49.6 Å². The summed E-state index contributed by atoms with van der Waals surface area (Å²) in [5.41, 5.74) is 3.23. The number of nitrogens with zero attached hydrogens (tertiary/aromatic N) is 1. The van der Waals surface area contributed by atoms with Crippen LogP contribution in [0.2, 0.25) is 0 Å². The highest BCUT2D eigenvalue weighted by molar-refractivity contribution is 6.04. The highest BCUT2D eigenvalue weighted by Crippen LogP contribution is 2.31. The molecule has 6 nitrogen and oxygen atoms in total. The van der Waals surface area contributed by atoms with E-state index in [1.165, 1.54) is 24.0 Å². The van der Waals surface area contributed by atoms with Crippen molar-refractivity contribution < 1.29 is 18.8 Å². The van der Waals surface area contributed by atoms with Crippen LogP contribution in [0.5, 0.6) is 0 Å². The number of aromatic nitrogens is 1. The largest absolute Gasteiger partial charge is 0.361 e. The van der Waals surface area contributed by atoms with E-state index in [-0.39, 0.29) is 30.1 Å². The summed E-state index contributed by atoms with van der Waals surface area (Å²) in [7, 11) is 0. The van der Waals surface area contributed by atoms with Crippen LogP contribution < -0.4 is 10.2 Å². The molecule has 0 saturated heterocycles. The van der Waals surface area contributed by atoms with E-state index in [4.69, 9.17) is 0 Å². The molecule has 5 rings (SSSR count). The molecule has 7 heteroatoms. The Kier molecular flexibility index (Phi) is 7.87.